The van der Waals surface area contributed by atoms with Crippen LogP contribution in [0, 0.1) is 0 Å². The smallest absolute Gasteiger partial charge is 0.0727 e. The fraction of sp³-hybridized carbons (Fsp3) is 0.125. The third-order valence-corrected chi connectivity index (χ3v) is 6.38. The molecule has 0 fully saturated rings. The monoisotopic (exact) mass is 440 g/mol. The molecule has 2 heteroatoms. The average molecular weight is 441 g/mol. The summed E-state index contributed by atoms with van der Waals surface area (Å²) in [5.74, 6) is 0. The van der Waals surface area contributed by atoms with E-state index in [0.29, 0.717) is 0 Å². The first kappa shape index (κ1) is 21.8. The molecule has 0 heterocycles. The molecule has 0 aromatic heterocycles. The van der Waals surface area contributed by atoms with E-state index in [9.17, 15) is 0 Å². The number of rotatable bonds is 6. The SMILES string of the molecule is CC(N=Cc1ccc(C=N[C@H](C)c2cccc3ccccc23)cc1)c1cccc2ccccc12. The molecule has 166 valence electrons. The van der Waals surface area contributed by atoms with Crippen LogP contribution in [0.1, 0.15) is 48.2 Å². The summed E-state index contributed by atoms with van der Waals surface area (Å²) in [5.41, 5.74) is 4.68. The molecule has 5 rings (SSSR count). The van der Waals surface area contributed by atoms with E-state index >= 15 is 0 Å². The van der Waals surface area contributed by atoms with Gasteiger partial charge in [0.25, 0.3) is 0 Å². The van der Waals surface area contributed by atoms with Gasteiger partial charge in [0.2, 0.25) is 0 Å². The zero-order chi connectivity index (χ0) is 23.3. The van der Waals surface area contributed by atoms with Crippen molar-refractivity contribution in [3.05, 3.63) is 131 Å². The van der Waals surface area contributed by atoms with E-state index < -0.39 is 0 Å². The lowest BCUT2D eigenvalue weighted by Crippen LogP contribution is -1.94. The number of aliphatic imine (C=N–C) groups is 2. The summed E-state index contributed by atoms with van der Waals surface area (Å²) in [5, 5.41) is 5.04. The maximum absolute atomic E-state index is 4.83. The third-order valence-electron chi connectivity index (χ3n) is 6.38. The molecule has 0 saturated carbocycles. The summed E-state index contributed by atoms with van der Waals surface area (Å²) in [7, 11) is 0. The molecule has 0 saturated heterocycles. The van der Waals surface area contributed by atoms with Crippen molar-refractivity contribution in [2.45, 2.75) is 25.9 Å². The lowest BCUT2D eigenvalue weighted by atomic mass is 10.00. The van der Waals surface area contributed by atoms with E-state index in [2.05, 4.69) is 123 Å². The Labute approximate surface area is 201 Å². The van der Waals surface area contributed by atoms with Gasteiger partial charge in [-0.05, 0) is 57.6 Å². The van der Waals surface area contributed by atoms with Crippen molar-refractivity contribution in [2.75, 3.05) is 0 Å². The topological polar surface area (TPSA) is 24.7 Å². The Hall–Kier alpha value is -4.04. The van der Waals surface area contributed by atoms with E-state index in [1.54, 1.807) is 0 Å². The van der Waals surface area contributed by atoms with Gasteiger partial charge in [0.05, 0.1) is 12.1 Å². The number of benzene rings is 5. The third kappa shape index (κ3) is 4.67. The van der Waals surface area contributed by atoms with Crippen molar-refractivity contribution >= 4 is 34.0 Å². The average Bonchev–Trinajstić information content (AvgIpc) is 2.90. The van der Waals surface area contributed by atoms with Crippen molar-refractivity contribution in [3.63, 3.8) is 0 Å². The highest BCUT2D eigenvalue weighted by Gasteiger charge is 2.08. The van der Waals surface area contributed by atoms with Crippen molar-refractivity contribution in [1.82, 2.24) is 0 Å². The van der Waals surface area contributed by atoms with E-state index in [-0.39, 0.29) is 12.1 Å². The molecule has 0 amide bonds. The van der Waals surface area contributed by atoms with Crippen molar-refractivity contribution in [2.24, 2.45) is 9.98 Å². The Morgan fingerprint density at radius 1 is 0.471 bits per heavy atom. The van der Waals surface area contributed by atoms with Crippen LogP contribution in [0.25, 0.3) is 21.5 Å². The maximum atomic E-state index is 4.83. The Morgan fingerprint density at radius 2 is 0.853 bits per heavy atom. The maximum Gasteiger partial charge on any atom is 0.0727 e. The van der Waals surface area contributed by atoms with Gasteiger partial charge in [-0.2, -0.15) is 0 Å². The molecule has 0 radical (unpaired) electrons. The van der Waals surface area contributed by atoms with Gasteiger partial charge >= 0.3 is 0 Å². The molecule has 2 nitrogen and oxygen atoms in total. The molecule has 0 aliphatic carbocycles. The minimum absolute atomic E-state index is 0.0916. The van der Waals surface area contributed by atoms with Gasteiger partial charge in [0.1, 0.15) is 0 Å². The van der Waals surface area contributed by atoms with Gasteiger partial charge in [0.15, 0.2) is 0 Å². The first-order valence-electron chi connectivity index (χ1n) is 11.8. The zero-order valence-electron chi connectivity index (χ0n) is 19.6. The molecule has 0 spiro atoms. The number of hydrogen-bond acceptors (Lipinski definition) is 2. The number of hydrogen-bond donors (Lipinski definition) is 0. The fourth-order valence-electron chi connectivity index (χ4n) is 4.45. The molecule has 5 aromatic rings. The predicted octanol–water partition coefficient (Wildman–Crippen LogP) is 8.35. The summed E-state index contributed by atoms with van der Waals surface area (Å²) >= 11 is 0. The molecular weight excluding hydrogens is 412 g/mol. The molecule has 2 atom stereocenters. The summed E-state index contributed by atoms with van der Waals surface area (Å²) in [4.78, 5) is 9.66. The van der Waals surface area contributed by atoms with E-state index in [1.807, 2.05) is 12.4 Å². The summed E-state index contributed by atoms with van der Waals surface area (Å²) in [6.45, 7) is 4.29. The summed E-state index contributed by atoms with van der Waals surface area (Å²) in [6.07, 6.45) is 3.93. The van der Waals surface area contributed by atoms with E-state index in [4.69, 9.17) is 9.98 Å². The van der Waals surface area contributed by atoms with Crippen LogP contribution < -0.4 is 0 Å². The minimum atomic E-state index is 0.0916. The molecule has 0 N–H and O–H groups in total. The Bertz CT molecular complexity index is 1350. The van der Waals surface area contributed by atoms with Crippen LogP contribution in [0.5, 0.6) is 0 Å². The highest BCUT2D eigenvalue weighted by molar-refractivity contribution is 5.88. The van der Waals surface area contributed by atoms with Crippen LogP contribution >= 0.6 is 0 Å². The van der Waals surface area contributed by atoms with Gasteiger partial charge in [-0.3, -0.25) is 9.98 Å². The first-order chi connectivity index (χ1) is 16.7. The summed E-state index contributed by atoms with van der Waals surface area (Å²) < 4.78 is 0. The second-order valence-corrected chi connectivity index (χ2v) is 8.71. The fourth-order valence-corrected chi connectivity index (χ4v) is 4.45. The van der Waals surface area contributed by atoms with Gasteiger partial charge in [-0.1, -0.05) is 109 Å². The highest BCUT2D eigenvalue weighted by Crippen LogP contribution is 2.27. The van der Waals surface area contributed by atoms with Crippen LogP contribution in [-0.4, -0.2) is 12.4 Å². The van der Waals surface area contributed by atoms with Crippen molar-refractivity contribution in [3.8, 4) is 0 Å². The lowest BCUT2D eigenvalue weighted by molar-refractivity contribution is 0.833. The quantitative estimate of drug-likeness (QED) is 0.237. The zero-order valence-corrected chi connectivity index (χ0v) is 19.6. The Balaban J connectivity index is 1.29. The first-order valence-corrected chi connectivity index (χ1v) is 11.8. The summed E-state index contributed by atoms with van der Waals surface area (Å²) in [6, 6.07) is 38.4. The molecular formula is C32H28N2. The molecule has 0 bridgehead atoms. The van der Waals surface area contributed by atoms with E-state index in [0.717, 1.165) is 11.1 Å². The van der Waals surface area contributed by atoms with Gasteiger partial charge < -0.3 is 0 Å². The normalized spacial score (nSPS) is 13.7. The molecule has 0 aliphatic heterocycles. The lowest BCUT2D eigenvalue weighted by Gasteiger charge is -2.11. The van der Waals surface area contributed by atoms with Crippen LogP contribution in [-0.2, 0) is 0 Å². The highest BCUT2D eigenvalue weighted by atomic mass is 14.8. The van der Waals surface area contributed by atoms with Crippen molar-refractivity contribution in [1.29, 1.82) is 0 Å². The Kier molecular flexibility index (Phi) is 6.31. The minimum Gasteiger partial charge on any atom is -0.285 e. The van der Waals surface area contributed by atoms with E-state index in [1.165, 1.54) is 32.7 Å². The van der Waals surface area contributed by atoms with Crippen LogP contribution in [0.3, 0.4) is 0 Å². The molecule has 1 unspecified atom stereocenters. The van der Waals surface area contributed by atoms with Gasteiger partial charge in [-0.15, -0.1) is 0 Å². The molecule has 0 aliphatic rings. The number of nitrogens with zero attached hydrogens (tertiary/aromatic N) is 2. The molecule has 5 aromatic carbocycles. The second-order valence-electron chi connectivity index (χ2n) is 8.71. The van der Waals surface area contributed by atoms with Crippen molar-refractivity contribution < 1.29 is 0 Å². The van der Waals surface area contributed by atoms with Crippen LogP contribution in [0.15, 0.2) is 119 Å². The van der Waals surface area contributed by atoms with Gasteiger partial charge in [0, 0.05) is 12.4 Å². The van der Waals surface area contributed by atoms with Crippen LogP contribution in [0.2, 0.25) is 0 Å². The number of fused-ring (bicyclic) bond motifs is 2. The van der Waals surface area contributed by atoms with Gasteiger partial charge in [-0.25, -0.2) is 0 Å². The second kappa shape index (κ2) is 9.84. The largest absolute Gasteiger partial charge is 0.285 e. The predicted molar refractivity (Wildman–Crippen MR) is 146 cm³/mol. The van der Waals surface area contributed by atoms with Crippen LogP contribution in [0.4, 0.5) is 0 Å². The Morgan fingerprint density at radius 3 is 1.29 bits per heavy atom. The standard InChI is InChI=1S/C32H28N2/c1-23(29-15-7-11-27-9-3-5-13-31(27)29)33-21-25-17-19-26(20-18-25)22-34-24(2)30-16-8-12-28-10-4-6-14-32(28)30/h3-24H,1-2H3/t23-,24?/m1/s1. The molecule has 34 heavy (non-hydrogen) atoms.